The zero-order valence-corrected chi connectivity index (χ0v) is 16.2. The number of halogens is 4. The van der Waals surface area contributed by atoms with E-state index in [0.29, 0.717) is 3.63 Å². The number of benzene rings is 2. The van der Waals surface area contributed by atoms with Crippen LogP contribution in [0.15, 0.2) is 45.3 Å². The molecule has 18 heavy (non-hydrogen) atoms. The van der Waals surface area contributed by atoms with Gasteiger partial charge >= 0.3 is 128 Å². The molecule has 2 aromatic rings. The number of hydrogen-bond donors (Lipinski definition) is 0. The van der Waals surface area contributed by atoms with Crippen LogP contribution in [0.2, 0.25) is 0 Å². The van der Waals surface area contributed by atoms with Crippen LogP contribution in [0.4, 0.5) is 0 Å². The summed E-state index contributed by atoms with van der Waals surface area (Å²) in [6, 6.07) is 13.2. The zero-order valence-electron chi connectivity index (χ0n) is 9.05. The average Bonchev–Trinajstić information content (AvgIpc) is 2.53. The van der Waals surface area contributed by atoms with E-state index in [4.69, 9.17) is 0 Å². The minimum Gasteiger partial charge on any atom is -1.00 e. The first kappa shape index (κ1) is 16.9. The Hall–Kier alpha value is 0.863. The fourth-order valence-corrected chi connectivity index (χ4v) is 4.13. The maximum atomic E-state index is 3.55. The molecule has 91 valence electrons. The average molecular weight is 485 g/mol. The Labute approximate surface area is 151 Å². The van der Waals surface area contributed by atoms with Crippen LogP contribution in [0.3, 0.4) is 0 Å². The van der Waals surface area contributed by atoms with Crippen molar-refractivity contribution in [2.75, 3.05) is 0 Å². The second-order valence-corrected chi connectivity index (χ2v) is 7.15. The summed E-state index contributed by atoms with van der Waals surface area (Å²) in [6.07, 6.45) is 0. The molecule has 0 nitrogen and oxygen atoms in total. The van der Waals surface area contributed by atoms with Gasteiger partial charge in [0.1, 0.15) is 0 Å². The van der Waals surface area contributed by atoms with Gasteiger partial charge in [-0.3, -0.25) is 0 Å². The Morgan fingerprint density at radius 2 is 1.17 bits per heavy atom. The topological polar surface area (TPSA) is 0 Å². The molecule has 5 heteroatoms. The third kappa shape index (κ3) is 2.81. The van der Waals surface area contributed by atoms with Gasteiger partial charge in [0.05, 0.1) is 0 Å². The second-order valence-electron chi connectivity index (χ2n) is 3.90. The number of rotatable bonds is 0. The van der Waals surface area contributed by atoms with Gasteiger partial charge in [0, 0.05) is 0 Å². The van der Waals surface area contributed by atoms with E-state index in [1.807, 2.05) is 0 Å². The summed E-state index contributed by atoms with van der Waals surface area (Å²) in [6.45, 7) is 0. The van der Waals surface area contributed by atoms with E-state index in [9.17, 15) is 0 Å². The van der Waals surface area contributed by atoms with E-state index in [2.05, 4.69) is 68.3 Å². The van der Waals surface area contributed by atoms with Gasteiger partial charge < -0.3 is 24.8 Å². The molecule has 1 aliphatic rings. The number of hydrogen-bond acceptors (Lipinski definition) is 0. The molecule has 0 unspecified atom stereocenters. The third-order valence-corrected chi connectivity index (χ3v) is 5.45. The molecule has 0 fully saturated rings. The molecule has 0 spiro atoms. The molecule has 0 saturated heterocycles. The van der Waals surface area contributed by atoms with E-state index < -0.39 is 0 Å². The molecule has 2 aromatic carbocycles. The van der Waals surface area contributed by atoms with Crippen molar-refractivity contribution in [2.45, 2.75) is 3.63 Å². The van der Waals surface area contributed by atoms with Crippen molar-refractivity contribution in [1.82, 2.24) is 0 Å². The van der Waals surface area contributed by atoms with Crippen molar-refractivity contribution < 1.29 is 49.5 Å². The predicted octanol–water partition coefficient (Wildman–Crippen LogP) is -1.16. The minimum absolute atomic E-state index is 0. The van der Waals surface area contributed by atoms with Crippen LogP contribution in [0.1, 0.15) is 14.8 Å². The molecule has 3 rings (SSSR count). The summed E-state index contributed by atoms with van der Waals surface area (Å²) >= 11 is 8.65. The quantitative estimate of drug-likeness (QED) is 0.442. The van der Waals surface area contributed by atoms with E-state index in [-0.39, 0.29) is 24.8 Å². The van der Waals surface area contributed by atoms with Gasteiger partial charge in [0.15, 0.2) is 0 Å². The van der Waals surface area contributed by atoms with Gasteiger partial charge in [-0.05, 0) is 0 Å². The van der Waals surface area contributed by atoms with Gasteiger partial charge in [-0.2, -0.15) is 0 Å². The van der Waals surface area contributed by atoms with Crippen LogP contribution in [-0.4, -0.2) is 0 Å². The summed E-state index contributed by atoms with van der Waals surface area (Å²) in [5.74, 6) is 0. The molecule has 0 aliphatic heterocycles. The minimum atomic E-state index is 0. The van der Waals surface area contributed by atoms with Gasteiger partial charge in [0.25, 0.3) is 0 Å². The summed E-state index contributed by atoms with van der Waals surface area (Å²) in [4.78, 5) is 0. The molecule has 0 N–H and O–H groups in total. The third-order valence-electron chi connectivity index (χ3n) is 2.94. The van der Waals surface area contributed by atoms with Crippen molar-refractivity contribution in [2.24, 2.45) is 0 Å². The van der Waals surface area contributed by atoms with Gasteiger partial charge in [-0.15, -0.1) is 0 Å². The smallest absolute Gasteiger partial charge is 1.00 e. The molecule has 0 saturated carbocycles. The van der Waals surface area contributed by atoms with Crippen molar-refractivity contribution in [3.63, 3.8) is 0 Å². The van der Waals surface area contributed by atoms with E-state index in [1.165, 1.54) is 31.2 Å². The normalized spacial score (nSPS) is 12.2. The first-order chi connectivity index (χ1) is 7.66. The fraction of sp³-hybridized carbons (Fsp3) is 0.0769. The van der Waals surface area contributed by atoms with E-state index in [0.717, 1.165) is 0 Å². The molecule has 0 atom stereocenters. The Bertz CT molecular complexity index is 536. The Morgan fingerprint density at radius 1 is 0.778 bits per heavy atom. The van der Waals surface area contributed by atoms with Crippen LogP contribution in [0, 0.1) is 0 Å². The van der Waals surface area contributed by atoms with Crippen molar-refractivity contribution in [3.8, 4) is 11.1 Å². The summed E-state index contributed by atoms with van der Waals surface area (Å²) in [7, 11) is 0. The van der Waals surface area contributed by atoms with Gasteiger partial charge in [-0.25, -0.2) is 0 Å². The molecule has 0 amide bonds. The summed E-state index contributed by atoms with van der Waals surface area (Å²) in [5.41, 5.74) is 5.71. The van der Waals surface area contributed by atoms with Crippen molar-refractivity contribution >= 4 is 31.9 Å². The standard InChI is InChI=1S/C13H7Br2.2ClH.Zr/c14-10-1-3-12-8(6-10)5-9-7-11(15)2-4-13(9)12;;;/h1-7H;2*1H;/q;;;+2/p-2. The molecule has 0 radical (unpaired) electrons. The van der Waals surface area contributed by atoms with Crippen molar-refractivity contribution in [1.29, 1.82) is 0 Å². The number of fused-ring (bicyclic) bond motifs is 3. The summed E-state index contributed by atoms with van der Waals surface area (Å²) < 4.78 is 2.92. The van der Waals surface area contributed by atoms with E-state index in [1.54, 1.807) is 24.7 Å². The summed E-state index contributed by atoms with van der Waals surface area (Å²) in [5, 5.41) is 0. The van der Waals surface area contributed by atoms with Gasteiger partial charge in [0.2, 0.25) is 0 Å². The first-order valence-electron chi connectivity index (χ1n) is 4.97. The maximum Gasteiger partial charge on any atom is -1.00 e. The van der Waals surface area contributed by atoms with Gasteiger partial charge in [-0.1, -0.05) is 0 Å². The SMILES string of the molecule is Brc1ccc2c(c1)[CH]([Zr+2])c1cc(Br)ccc1-2.[Cl-].[Cl-]. The fourth-order valence-electron chi connectivity index (χ4n) is 2.20. The van der Waals surface area contributed by atoms with Crippen LogP contribution >= 0.6 is 31.9 Å². The predicted molar refractivity (Wildman–Crippen MR) is 69.1 cm³/mol. The Kier molecular flexibility index (Phi) is 6.15. The van der Waals surface area contributed by atoms with Crippen LogP contribution in [0.5, 0.6) is 0 Å². The maximum absolute atomic E-state index is 3.55. The van der Waals surface area contributed by atoms with Crippen molar-refractivity contribution in [3.05, 3.63) is 56.5 Å². The van der Waals surface area contributed by atoms with Crippen LogP contribution in [-0.2, 0) is 24.7 Å². The Morgan fingerprint density at radius 3 is 1.56 bits per heavy atom. The monoisotopic (exact) mass is 481 g/mol. The Balaban J connectivity index is 0.000000810. The van der Waals surface area contributed by atoms with Crippen LogP contribution < -0.4 is 24.8 Å². The largest absolute Gasteiger partial charge is 1.00 e. The molecular formula is C13H7Br2Cl2Zr. The molecule has 0 bridgehead atoms. The molecule has 0 aromatic heterocycles. The second kappa shape index (κ2) is 6.54. The molecule has 0 heterocycles. The van der Waals surface area contributed by atoms with E-state index >= 15 is 0 Å². The molecular weight excluding hydrogens is 478 g/mol. The first-order valence-corrected chi connectivity index (χ1v) is 7.98. The zero-order chi connectivity index (χ0) is 11.3. The van der Waals surface area contributed by atoms with Crippen LogP contribution in [0.25, 0.3) is 11.1 Å². The molecule has 1 aliphatic carbocycles.